The molecule has 0 amide bonds. The molecule has 65 valence electrons. The average molecular weight is 192 g/mol. The second-order valence-corrected chi connectivity index (χ2v) is 3.15. The summed E-state index contributed by atoms with van der Waals surface area (Å²) in [5.41, 5.74) is 1.96. The van der Waals surface area contributed by atoms with Crippen LogP contribution in [0.5, 0.6) is 0 Å². The lowest BCUT2D eigenvalue weighted by Gasteiger charge is -1.99. The standard InChI is InChI=1S/C10H8ClN2/c11-10-4-2-1-3-8(10)7-9-5-6-12-13-9/h1-4,6H,7H2,(H,12,13). The predicted molar refractivity (Wildman–Crippen MR) is 51.7 cm³/mol. The molecule has 1 radical (unpaired) electrons. The summed E-state index contributed by atoms with van der Waals surface area (Å²) in [6.45, 7) is 0. The number of benzene rings is 1. The highest BCUT2D eigenvalue weighted by Gasteiger charge is 2.01. The Morgan fingerprint density at radius 2 is 2.23 bits per heavy atom. The van der Waals surface area contributed by atoms with Gasteiger partial charge in [0.1, 0.15) is 0 Å². The Morgan fingerprint density at radius 3 is 2.92 bits per heavy atom. The van der Waals surface area contributed by atoms with Crippen LogP contribution >= 0.6 is 11.6 Å². The largest absolute Gasteiger partial charge is 0.285 e. The van der Waals surface area contributed by atoms with E-state index in [1.54, 1.807) is 6.20 Å². The molecule has 2 nitrogen and oxygen atoms in total. The van der Waals surface area contributed by atoms with Crippen molar-refractivity contribution in [3.05, 3.63) is 52.8 Å². The molecule has 1 aromatic carbocycles. The van der Waals surface area contributed by atoms with Crippen LogP contribution in [0.15, 0.2) is 30.5 Å². The third-order valence-corrected chi connectivity index (χ3v) is 2.19. The maximum atomic E-state index is 5.99. The van der Waals surface area contributed by atoms with Crippen molar-refractivity contribution in [2.45, 2.75) is 6.42 Å². The zero-order valence-electron chi connectivity index (χ0n) is 6.92. The highest BCUT2D eigenvalue weighted by atomic mass is 35.5. The highest BCUT2D eigenvalue weighted by molar-refractivity contribution is 6.31. The molecule has 0 aliphatic carbocycles. The minimum Gasteiger partial charge on any atom is -0.285 e. The van der Waals surface area contributed by atoms with Gasteiger partial charge in [0.05, 0.1) is 5.69 Å². The maximum Gasteiger partial charge on any atom is 0.0745 e. The van der Waals surface area contributed by atoms with Gasteiger partial charge in [0.25, 0.3) is 0 Å². The SMILES string of the molecule is Clc1ccccc1Cc1[c]c[nH]n1. The first kappa shape index (κ1) is 8.32. The number of hydrogen-bond donors (Lipinski definition) is 1. The van der Waals surface area contributed by atoms with E-state index in [2.05, 4.69) is 16.3 Å². The van der Waals surface area contributed by atoms with Gasteiger partial charge >= 0.3 is 0 Å². The lowest BCUT2D eigenvalue weighted by atomic mass is 10.1. The Morgan fingerprint density at radius 1 is 1.38 bits per heavy atom. The van der Waals surface area contributed by atoms with Crippen molar-refractivity contribution in [3.63, 3.8) is 0 Å². The van der Waals surface area contributed by atoms with E-state index in [9.17, 15) is 0 Å². The number of nitrogens with zero attached hydrogens (tertiary/aromatic N) is 1. The predicted octanol–water partition coefficient (Wildman–Crippen LogP) is 2.45. The second kappa shape index (κ2) is 3.62. The highest BCUT2D eigenvalue weighted by Crippen LogP contribution is 2.17. The molecule has 1 heterocycles. The Bertz CT molecular complexity index is 382. The van der Waals surface area contributed by atoms with Gasteiger partial charge in [0.15, 0.2) is 0 Å². The third kappa shape index (κ3) is 1.90. The van der Waals surface area contributed by atoms with Gasteiger partial charge in [-0.2, -0.15) is 5.10 Å². The molecule has 0 aliphatic heterocycles. The zero-order chi connectivity index (χ0) is 9.10. The van der Waals surface area contributed by atoms with Crippen LogP contribution < -0.4 is 0 Å². The van der Waals surface area contributed by atoms with Crippen molar-refractivity contribution in [3.8, 4) is 0 Å². The molecule has 0 bridgehead atoms. The third-order valence-electron chi connectivity index (χ3n) is 1.82. The number of H-pyrrole nitrogens is 1. The van der Waals surface area contributed by atoms with Crippen LogP contribution in [0.25, 0.3) is 0 Å². The molecule has 0 saturated heterocycles. The van der Waals surface area contributed by atoms with Crippen molar-refractivity contribution in [2.24, 2.45) is 0 Å². The molecule has 0 atom stereocenters. The molecular weight excluding hydrogens is 184 g/mol. The van der Waals surface area contributed by atoms with Crippen molar-refractivity contribution in [1.82, 2.24) is 10.2 Å². The average Bonchev–Trinajstić information content (AvgIpc) is 2.61. The van der Waals surface area contributed by atoms with Crippen molar-refractivity contribution in [1.29, 1.82) is 0 Å². The molecule has 2 rings (SSSR count). The first-order chi connectivity index (χ1) is 6.36. The van der Waals surface area contributed by atoms with Gasteiger partial charge in [-0.3, -0.25) is 5.10 Å². The Kier molecular flexibility index (Phi) is 2.32. The van der Waals surface area contributed by atoms with Crippen molar-refractivity contribution >= 4 is 11.6 Å². The molecule has 1 N–H and O–H groups in total. The quantitative estimate of drug-likeness (QED) is 0.776. The normalized spacial score (nSPS) is 10.2. The van der Waals surface area contributed by atoms with E-state index in [1.165, 1.54) is 0 Å². The summed E-state index contributed by atoms with van der Waals surface area (Å²) in [5.74, 6) is 0. The van der Waals surface area contributed by atoms with Gasteiger partial charge in [-0.15, -0.1) is 0 Å². The molecule has 0 fully saturated rings. The van der Waals surface area contributed by atoms with E-state index < -0.39 is 0 Å². The van der Waals surface area contributed by atoms with E-state index in [0.29, 0.717) is 0 Å². The van der Waals surface area contributed by atoms with Crippen LogP contribution in [0.4, 0.5) is 0 Å². The molecule has 3 heteroatoms. The zero-order valence-corrected chi connectivity index (χ0v) is 7.67. The van der Waals surface area contributed by atoms with Gasteiger partial charge in [-0.05, 0) is 11.6 Å². The van der Waals surface area contributed by atoms with E-state index in [-0.39, 0.29) is 0 Å². The Hall–Kier alpha value is -1.28. The van der Waals surface area contributed by atoms with E-state index in [1.807, 2.05) is 24.3 Å². The smallest absolute Gasteiger partial charge is 0.0745 e. The molecule has 0 aliphatic rings. The van der Waals surface area contributed by atoms with Crippen molar-refractivity contribution < 1.29 is 0 Å². The molecule has 0 saturated carbocycles. The first-order valence-corrected chi connectivity index (χ1v) is 4.38. The maximum absolute atomic E-state index is 5.99. The molecule has 0 spiro atoms. The van der Waals surface area contributed by atoms with E-state index >= 15 is 0 Å². The molecular formula is C10H8ClN2. The summed E-state index contributed by atoms with van der Waals surface area (Å²) in [5, 5.41) is 7.51. The van der Waals surface area contributed by atoms with Crippen LogP contribution in [0.2, 0.25) is 5.02 Å². The first-order valence-electron chi connectivity index (χ1n) is 4.00. The topological polar surface area (TPSA) is 28.7 Å². The fourth-order valence-electron chi connectivity index (χ4n) is 1.17. The lowest BCUT2D eigenvalue weighted by molar-refractivity contribution is 0.996. The van der Waals surface area contributed by atoms with Gasteiger partial charge in [-0.1, -0.05) is 29.8 Å². The van der Waals surface area contributed by atoms with Gasteiger partial charge in [0.2, 0.25) is 0 Å². The van der Waals surface area contributed by atoms with Crippen LogP contribution in [-0.4, -0.2) is 10.2 Å². The van der Waals surface area contributed by atoms with Crippen molar-refractivity contribution in [2.75, 3.05) is 0 Å². The molecule has 1 aromatic heterocycles. The van der Waals surface area contributed by atoms with Gasteiger partial charge < -0.3 is 0 Å². The number of hydrogen-bond acceptors (Lipinski definition) is 1. The van der Waals surface area contributed by atoms with Crippen LogP contribution in [0.1, 0.15) is 11.3 Å². The summed E-state index contributed by atoms with van der Waals surface area (Å²) in [6.07, 6.45) is 2.41. The Balaban J connectivity index is 2.24. The van der Waals surface area contributed by atoms with Crippen LogP contribution in [-0.2, 0) is 6.42 Å². The van der Waals surface area contributed by atoms with Crippen LogP contribution in [0, 0.1) is 6.07 Å². The number of rotatable bonds is 2. The number of halogens is 1. The number of aromatic amines is 1. The van der Waals surface area contributed by atoms with Gasteiger partial charge in [-0.25, -0.2) is 0 Å². The number of nitrogens with one attached hydrogen (secondary N) is 1. The van der Waals surface area contributed by atoms with Gasteiger partial charge in [0, 0.05) is 23.7 Å². The molecule has 13 heavy (non-hydrogen) atoms. The molecule has 0 unspecified atom stereocenters. The fraction of sp³-hybridized carbons (Fsp3) is 0.100. The summed E-state index contributed by atoms with van der Waals surface area (Å²) in [4.78, 5) is 0. The van der Waals surface area contributed by atoms with E-state index in [0.717, 1.165) is 22.7 Å². The Labute approximate surface area is 81.6 Å². The van der Waals surface area contributed by atoms with Crippen LogP contribution in [0.3, 0.4) is 0 Å². The van der Waals surface area contributed by atoms with E-state index in [4.69, 9.17) is 11.6 Å². The lowest BCUT2D eigenvalue weighted by Crippen LogP contribution is -1.89. The number of aromatic nitrogens is 2. The summed E-state index contributed by atoms with van der Waals surface area (Å²) >= 11 is 5.99. The minimum absolute atomic E-state index is 0.725. The minimum atomic E-state index is 0.725. The molecule has 2 aromatic rings. The fourth-order valence-corrected chi connectivity index (χ4v) is 1.37. The summed E-state index contributed by atoms with van der Waals surface area (Å²) in [6, 6.07) is 10.7. The monoisotopic (exact) mass is 191 g/mol. The second-order valence-electron chi connectivity index (χ2n) is 2.74. The summed E-state index contributed by atoms with van der Waals surface area (Å²) in [7, 11) is 0. The summed E-state index contributed by atoms with van der Waals surface area (Å²) < 4.78 is 0.